The smallest absolute Gasteiger partial charge is 0.137 e. The Balaban J connectivity index is 1.09. The first-order valence-electron chi connectivity index (χ1n) is 31.2. The molecule has 0 bridgehead atoms. The molecule has 440 valence electrons. The van der Waals surface area contributed by atoms with Crippen LogP contribution in [0.3, 0.4) is 0 Å². The fourth-order valence-electron chi connectivity index (χ4n) is 12.7. The number of anilines is 4. The lowest BCUT2D eigenvalue weighted by molar-refractivity contribution is 0.483. The van der Waals surface area contributed by atoms with Gasteiger partial charge in [-0.15, -0.1) is 0 Å². The number of nitrogens with zero attached hydrogens (tertiary/aromatic N) is 4. The van der Waals surface area contributed by atoms with E-state index in [1.54, 1.807) is 12.1 Å². The molecular formula is C81H83FN4O. The van der Waals surface area contributed by atoms with E-state index >= 15 is 4.39 Å². The van der Waals surface area contributed by atoms with E-state index in [-0.39, 0.29) is 33.9 Å². The highest BCUT2D eigenvalue weighted by Gasteiger charge is 2.34. The highest BCUT2D eigenvalue weighted by molar-refractivity contribution is 6.09. The number of aromatic nitrogens is 2. The molecule has 0 N–H and O–H groups in total. The van der Waals surface area contributed by atoms with Crippen molar-refractivity contribution in [2.45, 2.75) is 138 Å². The molecule has 6 heteroatoms. The average Bonchev–Trinajstić information content (AvgIpc) is 2.03. The maximum atomic E-state index is 15.2. The molecular weight excluding hydrogens is 1060 g/mol. The summed E-state index contributed by atoms with van der Waals surface area (Å²) in [6.07, 6.45) is 1.93. The molecule has 2 aromatic heterocycles. The predicted octanol–water partition coefficient (Wildman–Crippen LogP) is 23.3. The van der Waals surface area contributed by atoms with E-state index in [2.05, 4.69) is 288 Å². The minimum absolute atomic E-state index is 0.0608. The summed E-state index contributed by atoms with van der Waals surface area (Å²) < 4.78 is 24.8. The van der Waals surface area contributed by atoms with E-state index < -0.39 is 0 Å². The highest BCUT2D eigenvalue weighted by Crippen LogP contribution is 2.54. The number of hydrogen-bond donors (Lipinski definition) is 0. The van der Waals surface area contributed by atoms with Crippen molar-refractivity contribution in [3.63, 3.8) is 0 Å². The van der Waals surface area contributed by atoms with Crippen molar-refractivity contribution in [1.29, 1.82) is 0 Å². The van der Waals surface area contributed by atoms with Gasteiger partial charge in [0.05, 0.1) is 28.1 Å². The fraction of sp³-hybridized carbons (Fsp3) is 0.272. The third-order valence-electron chi connectivity index (χ3n) is 17.7. The SMILES string of the molecule is CC(C)c1cc(C(C)C)c(-c2cc(Oc3ccc4c5ccccc5n(-c5cc(C(C)(C)C)ccn5)c4c3)cc(N3CN(c4c(-c5ccc(F)cc5)cc(-c5ccccc5)cc4-c4cc(C(C)(C)C)cc(C(C)(C)C)c4)c4ccccc43)c2)c(C(C)C)c1. The molecule has 0 fully saturated rings. The second kappa shape index (κ2) is 22.5. The molecule has 3 heterocycles. The summed E-state index contributed by atoms with van der Waals surface area (Å²) in [5.74, 6) is 2.93. The van der Waals surface area contributed by atoms with Crippen molar-refractivity contribution >= 4 is 44.6 Å². The van der Waals surface area contributed by atoms with Crippen LogP contribution >= 0.6 is 0 Å². The van der Waals surface area contributed by atoms with Crippen molar-refractivity contribution < 1.29 is 9.13 Å². The summed E-state index contributed by atoms with van der Waals surface area (Å²) in [5, 5.41) is 2.29. The van der Waals surface area contributed by atoms with Crippen molar-refractivity contribution in [3.8, 4) is 61.8 Å². The Bertz CT molecular complexity index is 4330. The van der Waals surface area contributed by atoms with E-state index in [9.17, 15) is 0 Å². The highest BCUT2D eigenvalue weighted by atomic mass is 19.1. The Kier molecular flexibility index (Phi) is 15.2. The summed E-state index contributed by atoms with van der Waals surface area (Å²) in [7, 11) is 0. The van der Waals surface area contributed by atoms with Crippen LogP contribution in [0.1, 0.15) is 155 Å². The summed E-state index contributed by atoms with van der Waals surface area (Å²) in [4.78, 5) is 9.97. The number of benzene rings is 9. The molecule has 9 aromatic carbocycles. The molecule has 0 atom stereocenters. The van der Waals surface area contributed by atoms with Gasteiger partial charge < -0.3 is 14.5 Å². The second-order valence-corrected chi connectivity index (χ2v) is 28.1. The summed E-state index contributed by atoms with van der Waals surface area (Å²) >= 11 is 0. The van der Waals surface area contributed by atoms with Gasteiger partial charge in [0, 0.05) is 45.9 Å². The van der Waals surface area contributed by atoms with Gasteiger partial charge in [0.15, 0.2) is 0 Å². The first kappa shape index (κ1) is 58.6. The molecule has 87 heavy (non-hydrogen) atoms. The summed E-state index contributed by atoms with van der Waals surface area (Å²) in [6.45, 7) is 34.9. The van der Waals surface area contributed by atoms with Gasteiger partial charge in [0.25, 0.3) is 0 Å². The molecule has 0 radical (unpaired) electrons. The van der Waals surface area contributed by atoms with Crippen LogP contribution in [0.25, 0.3) is 72.1 Å². The molecule has 0 amide bonds. The van der Waals surface area contributed by atoms with Crippen LogP contribution in [-0.4, -0.2) is 16.2 Å². The maximum Gasteiger partial charge on any atom is 0.137 e. The standard InChI is InChI=1S/C81H83FN4O/c1-50(2)55-41-68(51(3)4)77(69(42-55)52(5)6)58-39-63(47-65(40-58)87-64-33-34-67-66-25-19-20-26-72(66)86(75(67)48-64)76-46-59(35-36-83-76)79(7,8)9)84-49-85(74-28-22-21-27-73(74)84)78-70(54-29-31-62(82)32-30-54)43-56(53-23-17-16-18-24-53)44-71(78)57-37-60(80(10,11)12)45-61(38-57)81(13,14)15/h16-48,50-52H,49H2,1-15H3. The van der Waals surface area contributed by atoms with Gasteiger partial charge in [-0.25, -0.2) is 9.37 Å². The molecule has 12 rings (SSSR count). The van der Waals surface area contributed by atoms with E-state index in [1.165, 1.54) is 38.9 Å². The lowest BCUT2D eigenvalue weighted by Gasteiger charge is -2.30. The third-order valence-corrected chi connectivity index (χ3v) is 17.7. The minimum atomic E-state index is -0.270. The Morgan fingerprint density at radius 3 is 1.64 bits per heavy atom. The first-order chi connectivity index (χ1) is 41.4. The molecule has 0 saturated carbocycles. The minimum Gasteiger partial charge on any atom is -0.457 e. The number of hydrogen-bond acceptors (Lipinski definition) is 4. The van der Waals surface area contributed by atoms with Crippen molar-refractivity contribution in [2.24, 2.45) is 0 Å². The van der Waals surface area contributed by atoms with Gasteiger partial charge in [-0.05, 0) is 180 Å². The molecule has 1 aliphatic heterocycles. The monoisotopic (exact) mass is 1150 g/mol. The van der Waals surface area contributed by atoms with E-state index in [0.29, 0.717) is 12.6 Å². The van der Waals surface area contributed by atoms with E-state index in [1.807, 2.05) is 18.3 Å². The Hall–Kier alpha value is -8.74. The molecule has 0 saturated heterocycles. The number of para-hydroxylation sites is 3. The zero-order chi connectivity index (χ0) is 61.4. The Morgan fingerprint density at radius 1 is 0.437 bits per heavy atom. The summed E-state index contributed by atoms with van der Waals surface area (Å²) in [5.41, 5.74) is 22.5. The van der Waals surface area contributed by atoms with Gasteiger partial charge in [-0.1, -0.05) is 207 Å². The van der Waals surface area contributed by atoms with Crippen LogP contribution in [0.15, 0.2) is 200 Å². The Morgan fingerprint density at radius 2 is 1.02 bits per heavy atom. The van der Waals surface area contributed by atoms with Gasteiger partial charge in [-0.2, -0.15) is 0 Å². The van der Waals surface area contributed by atoms with Crippen molar-refractivity contribution in [1.82, 2.24) is 9.55 Å². The largest absolute Gasteiger partial charge is 0.457 e. The maximum absolute atomic E-state index is 15.2. The number of pyridine rings is 1. The van der Waals surface area contributed by atoms with Crippen LogP contribution in [0, 0.1) is 5.82 Å². The number of ether oxygens (including phenoxy) is 1. The number of fused-ring (bicyclic) bond motifs is 4. The molecule has 0 spiro atoms. The normalized spacial score (nSPS) is 13.0. The van der Waals surface area contributed by atoms with Crippen molar-refractivity contribution in [3.05, 3.63) is 240 Å². The lowest BCUT2D eigenvalue weighted by Crippen LogP contribution is -2.25. The summed E-state index contributed by atoms with van der Waals surface area (Å²) in [6, 6.07) is 69.7. The number of rotatable bonds is 12. The van der Waals surface area contributed by atoms with Crippen LogP contribution in [0.2, 0.25) is 0 Å². The van der Waals surface area contributed by atoms with E-state index in [4.69, 9.17) is 9.72 Å². The number of halogens is 1. The van der Waals surface area contributed by atoms with Crippen LogP contribution in [0.5, 0.6) is 11.5 Å². The van der Waals surface area contributed by atoms with Gasteiger partial charge in [0.2, 0.25) is 0 Å². The third kappa shape index (κ3) is 11.4. The molecule has 0 aliphatic carbocycles. The molecule has 11 aromatic rings. The topological polar surface area (TPSA) is 33.5 Å². The zero-order valence-corrected chi connectivity index (χ0v) is 53.6. The van der Waals surface area contributed by atoms with Crippen LogP contribution in [-0.2, 0) is 16.2 Å². The fourth-order valence-corrected chi connectivity index (χ4v) is 12.7. The van der Waals surface area contributed by atoms with E-state index in [0.717, 1.165) is 101 Å². The lowest BCUT2D eigenvalue weighted by atomic mass is 9.78. The zero-order valence-electron chi connectivity index (χ0n) is 53.6. The van der Waals surface area contributed by atoms with Gasteiger partial charge in [0.1, 0.15) is 29.8 Å². The predicted molar refractivity (Wildman–Crippen MR) is 367 cm³/mol. The average molecular weight is 1150 g/mol. The molecule has 1 aliphatic rings. The Labute approximate surface area is 516 Å². The van der Waals surface area contributed by atoms with Gasteiger partial charge >= 0.3 is 0 Å². The quantitative estimate of drug-likeness (QED) is 0.122. The van der Waals surface area contributed by atoms with Gasteiger partial charge in [-0.3, -0.25) is 4.57 Å². The molecule has 5 nitrogen and oxygen atoms in total. The second-order valence-electron chi connectivity index (χ2n) is 28.1. The molecule has 0 unspecified atom stereocenters. The first-order valence-corrected chi connectivity index (χ1v) is 31.2. The van der Waals surface area contributed by atoms with Crippen LogP contribution < -0.4 is 14.5 Å². The van der Waals surface area contributed by atoms with Crippen LogP contribution in [0.4, 0.5) is 27.1 Å². The van der Waals surface area contributed by atoms with Crippen molar-refractivity contribution in [2.75, 3.05) is 16.5 Å².